The Hall–Kier alpha value is -1.18. The first-order chi connectivity index (χ1) is 36.4. The van der Waals surface area contributed by atoms with Crippen LogP contribution in [0.3, 0.4) is 0 Å². The van der Waals surface area contributed by atoms with Gasteiger partial charge in [-0.05, 0) is 135 Å². The second-order valence-electron chi connectivity index (χ2n) is 27.5. The molecule has 77 heavy (non-hydrogen) atoms. The SMILES string of the molecule is CCCCCCCCCCCCCCCCCCN(CCCCCCCCCCCCCCCCCC)CCNC(=O)C1(N(CCCN)CCCN)C(=O)C1(OC(C)(C)C)C(COC(C)(C)C)(OC(C)(C)C)OC(C)(C)C. The van der Waals surface area contributed by atoms with Crippen molar-refractivity contribution in [1.29, 1.82) is 0 Å². The second kappa shape index (κ2) is 40.1. The fourth-order valence-electron chi connectivity index (χ4n) is 11.4. The Balaban J connectivity index is 3.31. The standard InChI is InChI=1S/C66H133N5O6/c1-15-17-19-21-23-25-27-29-31-33-35-37-39-41-43-45-52-70(53-46-44-42-40-38-36-34-32-30-28-26-24-22-20-18-16-2)56-51-69-59(73)65(71(54-47-49-67)55-48-50-68)58(72)66(65,77-63(12,13)14)64(75-61(6,7)8,76-62(9,10)11)57-74-60(3,4)5/h15-57,67-68H2,1-14H3,(H,69,73). The van der Waals surface area contributed by atoms with Gasteiger partial charge in [-0.2, -0.15) is 0 Å². The molecule has 1 aliphatic rings. The van der Waals surface area contributed by atoms with Gasteiger partial charge in [0.2, 0.25) is 22.7 Å². The first kappa shape index (κ1) is 73.8. The van der Waals surface area contributed by atoms with Gasteiger partial charge in [-0.25, -0.2) is 0 Å². The van der Waals surface area contributed by atoms with Crippen molar-refractivity contribution in [3.63, 3.8) is 0 Å². The van der Waals surface area contributed by atoms with Gasteiger partial charge in [-0.3, -0.25) is 14.5 Å². The van der Waals surface area contributed by atoms with E-state index >= 15 is 9.59 Å². The van der Waals surface area contributed by atoms with Crippen molar-refractivity contribution in [2.75, 3.05) is 59.0 Å². The van der Waals surface area contributed by atoms with Gasteiger partial charge in [-0.1, -0.05) is 206 Å². The molecule has 1 saturated carbocycles. The van der Waals surface area contributed by atoms with Gasteiger partial charge in [-0.15, -0.1) is 0 Å². The van der Waals surface area contributed by atoms with Crippen LogP contribution in [0.25, 0.3) is 0 Å². The van der Waals surface area contributed by atoms with E-state index in [0.717, 1.165) is 25.9 Å². The van der Waals surface area contributed by atoms with Crippen molar-refractivity contribution in [2.45, 2.75) is 355 Å². The van der Waals surface area contributed by atoms with Crippen LogP contribution in [0.15, 0.2) is 0 Å². The molecule has 11 nitrogen and oxygen atoms in total. The molecule has 1 amide bonds. The Kier molecular flexibility index (Phi) is 38.5. The lowest BCUT2D eigenvalue weighted by Crippen LogP contribution is -2.69. The zero-order valence-electron chi connectivity index (χ0n) is 53.9. The Morgan fingerprint density at radius 3 is 1.05 bits per heavy atom. The second-order valence-corrected chi connectivity index (χ2v) is 27.5. The predicted molar refractivity (Wildman–Crippen MR) is 329 cm³/mol. The van der Waals surface area contributed by atoms with Crippen LogP contribution in [0.5, 0.6) is 0 Å². The Labute approximate surface area is 478 Å². The lowest BCUT2D eigenvalue weighted by atomic mass is 9.94. The molecule has 0 bridgehead atoms. The highest BCUT2D eigenvalue weighted by atomic mass is 16.8. The van der Waals surface area contributed by atoms with Gasteiger partial charge in [0, 0.05) is 26.2 Å². The molecule has 0 heterocycles. The van der Waals surface area contributed by atoms with Gasteiger partial charge >= 0.3 is 0 Å². The molecule has 0 aromatic heterocycles. The summed E-state index contributed by atoms with van der Waals surface area (Å²) in [5.41, 5.74) is 5.42. The molecular formula is C66H133N5O6. The van der Waals surface area contributed by atoms with Crippen LogP contribution in [0.4, 0.5) is 0 Å². The third-order valence-electron chi connectivity index (χ3n) is 15.2. The van der Waals surface area contributed by atoms with Gasteiger partial charge in [0.15, 0.2) is 0 Å². The maximum Gasteiger partial charge on any atom is 0.252 e. The van der Waals surface area contributed by atoms with Crippen LogP contribution in [0, 0.1) is 0 Å². The molecule has 0 aromatic rings. The van der Waals surface area contributed by atoms with Gasteiger partial charge in [0.05, 0.1) is 22.4 Å². The summed E-state index contributed by atoms with van der Waals surface area (Å²) in [6.45, 7) is 32.4. The predicted octanol–water partition coefficient (Wildman–Crippen LogP) is 15.9. The molecule has 1 fully saturated rings. The summed E-state index contributed by atoms with van der Waals surface area (Å²) in [6, 6.07) is 0. The van der Waals surface area contributed by atoms with Crippen molar-refractivity contribution in [1.82, 2.24) is 15.1 Å². The minimum absolute atomic E-state index is 0.157. The summed E-state index contributed by atoms with van der Waals surface area (Å²) in [5, 5.41) is 3.37. The average molecular weight is 1090 g/mol. The van der Waals surface area contributed by atoms with E-state index in [1.807, 2.05) is 88.0 Å². The number of hydrogen-bond donors (Lipinski definition) is 3. The first-order valence-electron chi connectivity index (χ1n) is 32.9. The fourth-order valence-corrected chi connectivity index (χ4v) is 11.4. The molecule has 2 atom stereocenters. The van der Waals surface area contributed by atoms with Crippen LogP contribution in [0.2, 0.25) is 0 Å². The quantitative estimate of drug-likeness (QED) is 0.0306. The molecule has 458 valence electrons. The smallest absolute Gasteiger partial charge is 0.252 e. The van der Waals surface area contributed by atoms with E-state index in [1.54, 1.807) is 0 Å². The highest BCUT2D eigenvalue weighted by Gasteiger charge is 2.94. The van der Waals surface area contributed by atoms with Crippen LogP contribution in [-0.2, 0) is 28.5 Å². The minimum Gasteiger partial charge on any atom is -0.370 e. The first-order valence-corrected chi connectivity index (χ1v) is 32.9. The van der Waals surface area contributed by atoms with E-state index in [-0.39, 0.29) is 6.61 Å². The summed E-state index contributed by atoms with van der Waals surface area (Å²) < 4.78 is 28.1. The van der Waals surface area contributed by atoms with E-state index in [0.29, 0.717) is 52.1 Å². The maximum atomic E-state index is 15.8. The molecule has 2 unspecified atom stereocenters. The van der Waals surface area contributed by atoms with Gasteiger partial charge < -0.3 is 40.6 Å². The molecule has 11 heteroatoms. The number of ether oxygens (including phenoxy) is 4. The Morgan fingerprint density at radius 2 is 0.766 bits per heavy atom. The largest absolute Gasteiger partial charge is 0.370 e. The number of carbonyl (C=O) groups excluding carboxylic acids is 2. The molecular weight excluding hydrogens is 959 g/mol. The van der Waals surface area contributed by atoms with E-state index in [1.165, 1.54) is 193 Å². The van der Waals surface area contributed by atoms with Crippen LogP contribution in [-0.4, -0.2) is 120 Å². The number of nitrogens with two attached hydrogens (primary N) is 2. The zero-order valence-corrected chi connectivity index (χ0v) is 53.9. The monoisotopic (exact) mass is 1090 g/mol. The molecule has 1 aliphatic carbocycles. The lowest BCUT2D eigenvalue weighted by molar-refractivity contribution is -0.387. The van der Waals surface area contributed by atoms with Crippen LogP contribution < -0.4 is 16.8 Å². The molecule has 1 rings (SSSR count). The number of Topliss-reactive ketones (excluding diaryl/α,β-unsaturated/α-hetero) is 1. The number of nitrogens with zero attached hydrogens (tertiary/aromatic N) is 2. The van der Waals surface area contributed by atoms with Crippen LogP contribution >= 0.6 is 0 Å². The van der Waals surface area contributed by atoms with E-state index in [9.17, 15) is 0 Å². The van der Waals surface area contributed by atoms with Gasteiger partial charge in [0.25, 0.3) is 5.91 Å². The van der Waals surface area contributed by atoms with Crippen molar-refractivity contribution in [3.05, 3.63) is 0 Å². The summed E-state index contributed by atoms with van der Waals surface area (Å²) in [7, 11) is 0. The molecule has 0 aliphatic heterocycles. The maximum absolute atomic E-state index is 15.8. The number of carbonyl (C=O) groups is 2. The third kappa shape index (κ3) is 30.6. The van der Waals surface area contributed by atoms with Crippen molar-refractivity contribution in [3.8, 4) is 0 Å². The van der Waals surface area contributed by atoms with Crippen LogP contribution in [0.1, 0.15) is 315 Å². The highest BCUT2D eigenvalue weighted by Crippen LogP contribution is 2.62. The van der Waals surface area contributed by atoms with E-state index in [2.05, 4.69) is 24.1 Å². The molecule has 0 aromatic carbocycles. The molecule has 0 saturated heterocycles. The average Bonchev–Trinajstić information content (AvgIpc) is 3.88. The Morgan fingerprint density at radius 1 is 0.442 bits per heavy atom. The number of unbranched alkanes of at least 4 members (excludes halogenated alkanes) is 30. The van der Waals surface area contributed by atoms with Gasteiger partial charge in [0.1, 0.15) is 6.61 Å². The number of nitrogens with one attached hydrogen (secondary N) is 1. The van der Waals surface area contributed by atoms with E-state index < -0.39 is 51.0 Å². The lowest BCUT2D eigenvalue weighted by Gasteiger charge is -2.50. The molecule has 0 spiro atoms. The summed E-state index contributed by atoms with van der Waals surface area (Å²) >= 11 is 0. The topological polar surface area (TPSA) is 142 Å². The minimum atomic E-state index is -1.93. The number of hydrogen-bond acceptors (Lipinski definition) is 10. The zero-order chi connectivity index (χ0) is 57.8. The molecule has 5 N–H and O–H groups in total. The normalized spacial score (nSPS) is 17.6. The van der Waals surface area contributed by atoms with Crippen molar-refractivity contribution in [2.24, 2.45) is 11.5 Å². The third-order valence-corrected chi connectivity index (χ3v) is 15.2. The van der Waals surface area contributed by atoms with Crippen molar-refractivity contribution < 1.29 is 28.5 Å². The fraction of sp³-hybridized carbons (Fsp3) is 0.970. The van der Waals surface area contributed by atoms with Crippen molar-refractivity contribution >= 4 is 11.7 Å². The highest BCUT2D eigenvalue weighted by molar-refractivity contribution is 6.32. The summed E-state index contributed by atoms with van der Waals surface area (Å²) in [4.78, 5) is 36.1. The number of amides is 1. The summed E-state index contributed by atoms with van der Waals surface area (Å²) in [5.74, 6) is -2.65. The number of ketones is 1. The van der Waals surface area contributed by atoms with E-state index in [4.69, 9.17) is 30.4 Å². The summed E-state index contributed by atoms with van der Waals surface area (Å²) in [6.07, 6.45) is 44.4. The molecule has 0 radical (unpaired) electrons. The Bertz CT molecular complexity index is 1410. The number of rotatable bonds is 51.